The quantitative estimate of drug-likeness (QED) is 0.654. The minimum Gasteiger partial charge on any atom is -0.396 e. The van der Waals surface area contributed by atoms with Crippen LogP contribution in [-0.2, 0) is 4.74 Å². The summed E-state index contributed by atoms with van der Waals surface area (Å²) in [5, 5.41) is 8.76. The molecule has 12 heavy (non-hydrogen) atoms. The van der Waals surface area contributed by atoms with E-state index in [1.165, 1.54) is 5.57 Å². The number of aliphatic hydroxyl groups is 1. The van der Waals surface area contributed by atoms with E-state index in [-0.39, 0.29) is 6.61 Å². The molecule has 0 amide bonds. The summed E-state index contributed by atoms with van der Waals surface area (Å²) < 4.78 is 5.32. The van der Waals surface area contributed by atoms with Gasteiger partial charge in [0.1, 0.15) is 0 Å². The highest BCUT2D eigenvalue weighted by molar-refractivity contribution is 5.09. The number of hydrogen-bond acceptors (Lipinski definition) is 2. The van der Waals surface area contributed by atoms with Crippen LogP contribution in [0, 0.1) is 5.92 Å². The molecule has 1 aliphatic rings. The molecule has 0 aromatic heterocycles. The fourth-order valence-electron chi connectivity index (χ4n) is 1.84. The molecule has 0 bridgehead atoms. The lowest BCUT2D eigenvalue weighted by atomic mass is 9.88. The third-order valence-corrected chi connectivity index (χ3v) is 2.57. The summed E-state index contributed by atoms with van der Waals surface area (Å²) in [6, 6.07) is 0. The van der Waals surface area contributed by atoms with E-state index in [1.807, 2.05) is 0 Å². The third kappa shape index (κ3) is 2.32. The van der Waals surface area contributed by atoms with Crippen molar-refractivity contribution < 1.29 is 9.84 Å². The van der Waals surface area contributed by atoms with Crippen molar-refractivity contribution >= 4 is 0 Å². The van der Waals surface area contributed by atoms with E-state index < -0.39 is 0 Å². The molecule has 0 saturated carbocycles. The van der Waals surface area contributed by atoms with Gasteiger partial charge in [-0.1, -0.05) is 18.6 Å². The van der Waals surface area contributed by atoms with Crippen molar-refractivity contribution in [3.05, 3.63) is 11.6 Å². The summed E-state index contributed by atoms with van der Waals surface area (Å²) in [5.41, 5.74) is 1.39. The predicted molar refractivity (Wildman–Crippen MR) is 49.0 cm³/mol. The lowest BCUT2D eigenvalue weighted by Crippen LogP contribution is -2.22. The Hall–Kier alpha value is -0.340. The smallest absolute Gasteiger partial charge is 0.0634 e. The van der Waals surface area contributed by atoms with E-state index in [4.69, 9.17) is 9.84 Å². The van der Waals surface area contributed by atoms with Gasteiger partial charge in [-0.15, -0.1) is 0 Å². The first-order valence-corrected chi connectivity index (χ1v) is 4.61. The second-order valence-corrected chi connectivity index (χ2v) is 3.47. The maximum atomic E-state index is 8.76. The molecule has 0 heterocycles. The molecule has 2 atom stereocenters. The molecular formula is C10H18O2. The van der Waals surface area contributed by atoms with Crippen LogP contribution in [0.25, 0.3) is 0 Å². The van der Waals surface area contributed by atoms with Gasteiger partial charge >= 0.3 is 0 Å². The van der Waals surface area contributed by atoms with Crippen molar-refractivity contribution in [2.45, 2.75) is 32.3 Å². The standard InChI is InChI=1S/C10H18O2/c1-8-7-9(5-6-11)3-4-10(8)12-2/h7-8,10-11H,3-6H2,1-2H3/t8-,10?/m1/s1. The van der Waals surface area contributed by atoms with Crippen LogP contribution in [0.5, 0.6) is 0 Å². The number of aliphatic hydroxyl groups excluding tert-OH is 1. The Morgan fingerprint density at radius 3 is 2.92 bits per heavy atom. The van der Waals surface area contributed by atoms with Gasteiger partial charge in [0.2, 0.25) is 0 Å². The molecule has 0 aromatic rings. The fourth-order valence-corrected chi connectivity index (χ4v) is 1.84. The molecule has 0 aromatic carbocycles. The third-order valence-electron chi connectivity index (χ3n) is 2.57. The maximum absolute atomic E-state index is 8.76. The van der Waals surface area contributed by atoms with Crippen LogP contribution in [0.15, 0.2) is 11.6 Å². The summed E-state index contributed by atoms with van der Waals surface area (Å²) in [7, 11) is 1.77. The Kier molecular flexibility index (Phi) is 3.76. The molecule has 1 unspecified atom stereocenters. The first kappa shape index (κ1) is 9.75. The van der Waals surface area contributed by atoms with Crippen LogP contribution >= 0.6 is 0 Å². The molecule has 1 rings (SSSR count). The highest BCUT2D eigenvalue weighted by Crippen LogP contribution is 2.26. The predicted octanol–water partition coefficient (Wildman–Crippen LogP) is 1.74. The first-order chi connectivity index (χ1) is 5.77. The fraction of sp³-hybridized carbons (Fsp3) is 0.800. The Morgan fingerprint density at radius 2 is 2.42 bits per heavy atom. The van der Waals surface area contributed by atoms with Crippen LogP contribution in [0.4, 0.5) is 0 Å². The number of rotatable bonds is 3. The van der Waals surface area contributed by atoms with Gasteiger partial charge < -0.3 is 9.84 Å². The summed E-state index contributed by atoms with van der Waals surface area (Å²) >= 11 is 0. The Morgan fingerprint density at radius 1 is 1.67 bits per heavy atom. The summed E-state index contributed by atoms with van der Waals surface area (Å²) in [4.78, 5) is 0. The van der Waals surface area contributed by atoms with Crippen LogP contribution in [0.2, 0.25) is 0 Å². The van der Waals surface area contributed by atoms with E-state index in [0.29, 0.717) is 12.0 Å². The first-order valence-electron chi connectivity index (χ1n) is 4.61. The topological polar surface area (TPSA) is 29.5 Å². The molecule has 1 aliphatic carbocycles. The van der Waals surface area contributed by atoms with Gasteiger partial charge in [-0.25, -0.2) is 0 Å². The summed E-state index contributed by atoms with van der Waals surface area (Å²) in [5.74, 6) is 0.505. The van der Waals surface area contributed by atoms with Crippen LogP contribution in [0.3, 0.4) is 0 Å². The molecule has 0 spiro atoms. The van der Waals surface area contributed by atoms with Crippen molar-refractivity contribution in [3.8, 4) is 0 Å². The molecule has 1 N–H and O–H groups in total. The minimum absolute atomic E-state index is 0.274. The molecule has 70 valence electrons. The minimum atomic E-state index is 0.274. The zero-order valence-electron chi connectivity index (χ0n) is 7.92. The second kappa shape index (κ2) is 4.63. The average molecular weight is 170 g/mol. The second-order valence-electron chi connectivity index (χ2n) is 3.47. The van der Waals surface area contributed by atoms with E-state index >= 15 is 0 Å². The van der Waals surface area contributed by atoms with Gasteiger partial charge in [0.05, 0.1) is 6.10 Å². The molecule has 0 saturated heterocycles. The lowest BCUT2D eigenvalue weighted by Gasteiger charge is -2.26. The Bertz CT molecular complexity index is 163. The SMILES string of the molecule is COC1CCC(CCO)=C[C@H]1C. The number of ether oxygens (including phenoxy) is 1. The lowest BCUT2D eigenvalue weighted by molar-refractivity contribution is 0.0619. The van der Waals surface area contributed by atoms with Gasteiger partial charge in [0, 0.05) is 19.6 Å². The van der Waals surface area contributed by atoms with Gasteiger partial charge in [0.15, 0.2) is 0 Å². The van der Waals surface area contributed by atoms with E-state index in [9.17, 15) is 0 Å². The van der Waals surface area contributed by atoms with Crippen LogP contribution in [0.1, 0.15) is 26.2 Å². The Balaban J connectivity index is 2.49. The average Bonchev–Trinajstić information content (AvgIpc) is 2.05. The molecule has 2 heteroatoms. The normalized spacial score (nSPS) is 30.1. The van der Waals surface area contributed by atoms with E-state index in [1.54, 1.807) is 7.11 Å². The van der Waals surface area contributed by atoms with Crippen LogP contribution in [-0.4, -0.2) is 24.9 Å². The number of methoxy groups -OCH3 is 1. The number of hydrogen-bond donors (Lipinski definition) is 1. The van der Waals surface area contributed by atoms with Crippen molar-refractivity contribution in [3.63, 3.8) is 0 Å². The molecule has 0 aliphatic heterocycles. The zero-order valence-corrected chi connectivity index (χ0v) is 7.92. The van der Waals surface area contributed by atoms with Crippen LogP contribution < -0.4 is 0 Å². The summed E-state index contributed by atoms with van der Waals surface area (Å²) in [6.07, 6.45) is 5.65. The monoisotopic (exact) mass is 170 g/mol. The highest BCUT2D eigenvalue weighted by atomic mass is 16.5. The molecule has 0 radical (unpaired) electrons. The molecular weight excluding hydrogens is 152 g/mol. The Labute approximate surface area is 74.2 Å². The van der Waals surface area contributed by atoms with E-state index in [2.05, 4.69) is 13.0 Å². The van der Waals surface area contributed by atoms with Gasteiger partial charge in [-0.05, 0) is 19.3 Å². The zero-order chi connectivity index (χ0) is 8.97. The largest absolute Gasteiger partial charge is 0.396 e. The van der Waals surface area contributed by atoms with Gasteiger partial charge in [-0.3, -0.25) is 0 Å². The summed E-state index contributed by atoms with van der Waals surface area (Å²) in [6.45, 7) is 2.45. The molecule has 0 fully saturated rings. The maximum Gasteiger partial charge on any atom is 0.0634 e. The molecule has 2 nitrogen and oxygen atoms in total. The van der Waals surface area contributed by atoms with E-state index in [0.717, 1.165) is 19.3 Å². The van der Waals surface area contributed by atoms with Crippen molar-refractivity contribution in [1.82, 2.24) is 0 Å². The van der Waals surface area contributed by atoms with Crippen molar-refractivity contribution in [2.75, 3.05) is 13.7 Å². The van der Waals surface area contributed by atoms with Crippen molar-refractivity contribution in [1.29, 1.82) is 0 Å². The highest BCUT2D eigenvalue weighted by Gasteiger charge is 2.19. The van der Waals surface area contributed by atoms with Gasteiger partial charge in [0.25, 0.3) is 0 Å². The van der Waals surface area contributed by atoms with Gasteiger partial charge in [-0.2, -0.15) is 0 Å². The van der Waals surface area contributed by atoms with Crippen molar-refractivity contribution in [2.24, 2.45) is 5.92 Å².